The van der Waals surface area contributed by atoms with Crippen molar-refractivity contribution in [3.63, 3.8) is 0 Å². The van der Waals surface area contributed by atoms with Crippen LogP contribution in [0.1, 0.15) is 10.4 Å². The van der Waals surface area contributed by atoms with Crippen molar-refractivity contribution >= 4 is 28.9 Å². The lowest BCUT2D eigenvalue weighted by Gasteiger charge is -1.99. The Labute approximate surface area is 100 Å². The van der Waals surface area contributed by atoms with E-state index in [9.17, 15) is 4.79 Å². The molecule has 0 saturated heterocycles. The van der Waals surface area contributed by atoms with Crippen LogP contribution in [0.4, 0.5) is 0 Å². The van der Waals surface area contributed by atoms with Crippen molar-refractivity contribution in [3.8, 4) is 5.75 Å². The average Bonchev–Trinajstić information content (AvgIpc) is 2.80. The highest BCUT2D eigenvalue weighted by Crippen LogP contribution is 2.20. The summed E-state index contributed by atoms with van der Waals surface area (Å²) in [7, 11) is 0. The van der Waals surface area contributed by atoms with E-state index in [1.165, 1.54) is 35.2 Å². The van der Waals surface area contributed by atoms with Gasteiger partial charge in [0.1, 0.15) is 11.3 Å². The quantitative estimate of drug-likeness (QED) is 0.667. The number of benzene rings is 1. The van der Waals surface area contributed by atoms with Gasteiger partial charge < -0.3 is 5.11 Å². The summed E-state index contributed by atoms with van der Waals surface area (Å²) in [6, 6.07) is 6.22. The molecule has 0 spiro atoms. The summed E-state index contributed by atoms with van der Waals surface area (Å²) < 4.78 is 0.784. The molecule has 0 atom stereocenters. The van der Waals surface area contributed by atoms with Crippen molar-refractivity contribution < 1.29 is 9.90 Å². The lowest BCUT2D eigenvalue weighted by atomic mass is 10.1. The number of aromatic hydroxyl groups is 1. The van der Waals surface area contributed by atoms with Gasteiger partial charge in [0.05, 0.1) is 5.75 Å². The lowest BCUT2D eigenvalue weighted by molar-refractivity contribution is 0.102. The third-order valence-corrected chi connectivity index (χ3v) is 3.72. The van der Waals surface area contributed by atoms with Gasteiger partial charge in [0.15, 0.2) is 10.1 Å². The maximum atomic E-state index is 11.7. The van der Waals surface area contributed by atoms with E-state index in [0.717, 1.165) is 4.34 Å². The molecule has 0 bridgehead atoms. The minimum Gasteiger partial charge on any atom is -0.508 e. The van der Waals surface area contributed by atoms with Gasteiger partial charge in [-0.15, -0.1) is 10.2 Å². The number of rotatable bonds is 4. The minimum atomic E-state index is 0.0141. The maximum absolute atomic E-state index is 11.7. The fraction of sp³-hybridized carbons (Fsp3) is 0.100. The first-order valence-electron chi connectivity index (χ1n) is 4.47. The Morgan fingerprint density at radius 3 is 2.75 bits per heavy atom. The SMILES string of the molecule is O=C(CSc1nncs1)c1ccc(O)cc1. The van der Waals surface area contributed by atoms with Gasteiger partial charge in [-0.2, -0.15) is 0 Å². The van der Waals surface area contributed by atoms with Gasteiger partial charge in [-0.3, -0.25) is 4.79 Å². The van der Waals surface area contributed by atoms with Gasteiger partial charge in [0.2, 0.25) is 0 Å². The largest absolute Gasteiger partial charge is 0.508 e. The van der Waals surface area contributed by atoms with Crippen LogP contribution in [0.15, 0.2) is 34.1 Å². The predicted molar refractivity (Wildman–Crippen MR) is 63.1 cm³/mol. The second kappa shape index (κ2) is 5.09. The van der Waals surface area contributed by atoms with E-state index in [1.807, 2.05) is 0 Å². The van der Waals surface area contributed by atoms with Crippen LogP contribution >= 0.6 is 23.1 Å². The Kier molecular flexibility index (Phi) is 3.53. The Bertz CT molecular complexity index is 468. The molecule has 1 heterocycles. The molecule has 2 rings (SSSR count). The molecule has 0 aliphatic heterocycles. The monoisotopic (exact) mass is 252 g/mol. The first-order chi connectivity index (χ1) is 7.75. The molecule has 82 valence electrons. The van der Waals surface area contributed by atoms with Gasteiger partial charge in [-0.1, -0.05) is 23.1 Å². The summed E-state index contributed by atoms with van der Waals surface area (Å²) in [5.41, 5.74) is 2.22. The summed E-state index contributed by atoms with van der Waals surface area (Å²) in [5, 5.41) is 16.6. The van der Waals surface area contributed by atoms with Crippen molar-refractivity contribution in [2.24, 2.45) is 0 Å². The average molecular weight is 252 g/mol. The second-order valence-corrected chi connectivity index (χ2v) is 5.02. The first-order valence-corrected chi connectivity index (χ1v) is 6.33. The number of phenols is 1. The van der Waals surface area contributed by atoms with Crippen molar-refractivity contribution in [1.82, 2.24) is 10.2 Å². The molecule has 0 amide bonds. The molecule has 1 aromatic carbocycles. The lowest BCUT2D eigenvalue weighted by Crippen LogP contribution is -2.01. The number of hydrogen-bond acceptors (Lipinski definition) is 6. The van der Waals surface area contributed by atoms with Crippen LogP contribution in [-0.2, 0) is 0 Å². The summed E-state index contributed by atoms with van der Waals surface area (Å²) in [6.07, 6.45) is 0. The zero-order valence-electron chi connectivity index (χ0n) is 8.16. The van der Waals surface area contributed by atoms with Crippen molar-refractivity contribution in [1.29, 1.82) is 0 Å². The number of carbonyl (C=O) groups is 1. The van der Waals surface area contributed by atoms with Crippen molar-refractivity contribution in [2.75, 3.05) is 5.75 Å². The molecule has 16 heavy (non-hydrogen) atoms. The van der Waals surface area contributed by atoms with E-state index < -0.39 is 0 Å². The van der Waals surface area contributed by atoms with Gasteiger partial charge in [-0.25, -0.2) is 0 Å². The topological polar surface area (TPSA) is 63.1 Å². The standard InChI is InChI=1S/C10H8N2O2S2/c13-8-3-1-7(2-4-8)9(14)5-15-10-12-11-6-16-10/h1-4,6,13H,5H2. The number of thioether (sulfide) groups is 1. The van der Waals surface area contributed by atoms with E-state index in [-0.39, 0.29) is 11.5 Å². The van der Waals surface area contributed by atoms with Gasteiger partial charge >= 0.3 is 0 Å². The molecule has 0 aliphatic carbocycles. The predicted octanol–water partition coefficient (Wildman–Crippen LogP) is 2.22. The van der Waals surface area contributed by atoms with Crippen molar-refractivity contribution in [2.45, 2.75) is 4.34 Å². The molecule has 1 N–H and O–H groups in total. The molecule has 0 unspecified atom stereocenters. The fourth-order valence-corrected chi connectivity index (χ4v) is 2.47. The number of hydrogen-bond donors (Lipinski definition) is 1. The summed E-state index contributed by atoms with van der Waals surface area (Å²) in [4.78, 5) is 11.7. The van der Waals surface area contributed by atoms with E-state index in [1.54, 1.807) is 17.6 Å². The summed E-state index contributed by atoms with van der Waals surface area (Å²) >= 11 is 2.78. The zero-order valence-corrected chi connectivity index (χ0v) is 9.79. The zero-order chi connectivity index (χ0) is 11.4. The number of Topliss-reactive ketones (excluding diaryl/α,β-unsaturated/α-hetero) is 1. The van der Waals surface area contributed by atoms with Gasteiger partial charge in [-0.05, 0) is 24.3 Å². The van der Waals surface area contributed by atoms with E-state index in [2.05, 4.69) is 10.2 Å². The molecule has 0 fully saturated rings. The highest BCUT2D eigenvalue weighted by atomic mass is 32.2. The molecule has 1 aromatic heterocycles. The molecule has 6 heteroatoms. The Hall–Kier alpha value is -1.40. The van der Waals surface area contributed by atoms with Gasteiger partial charge in [0.25, 0.3) is 0 Å². The highest BCUT2D eigenvalue weighted by Gasteiger charge is 2.07. The van der Waals surface area contributed by atoms with Crippen LogP contribution in [0, 0.1) is 0 Å². The minimum absolute atomic E-state index is 0.0141. The van der Waals surface area contributed by atoms with Crippen LogP contribution in [-0.4, -0.2) is 26.8 Å². The molecule has 0 saturated carbocycles. The molecule has 0 aliphatic rings. The maximum Gasteiger partial charge on any atom is 0.174 e. The second-order valence-electron chi connectivity index (χ2n) is 2.96. The number of aromatic nitrogens is 2. The van der Waals surface area contributed by atoms with Crippen LogP contribution < -0.4 is 0 Å². The number of carbonyl (C=O) groups excluding carboxylic acids is 1. The van der Waals surface area contributed by atoms with E-state index in [0.29, 0.717) is 11.3 Å². The van der Waals surface area contributed by atoms with Crippen LogP contribution in [0.25, 0.3) is 0 Å². The molecular formula is C10H8N2O2S2. The molecule has 4 nitrogen and oxygen atoms in total. The van der Waals surface area contributed by atoms with Crippen molar-refractivity contribution in [3.05, 3.63) is 35.3 Å². The van der Waals surface area contributed by atoms with E-state index in [4.69, 9.17) is 5.11 Å². The third kappa shape index (κ3) is 2.80. The molecular weight excluding hydrogens is 244 g/mol. The number of ketones is 1. The Balaban J connectivity index is 1.95. The first kappa shape index (κ1) is 11.1. The summed E-state index contributed by atoms with van der Waals surface area (Å²) in [5.74, 6) is 0.508. The van der Waals surface area contributed by atoms with Crippen LogP contribution in [0.2, 0.25) is 0 Å². The smallest absolute Gasteiger partial charge is 0.174 e. The van der Waals surface area contributed by atoms with Crippen LogP contribution in [0.3, 0.4) is 0 Å². The third-order valence-electron chi connectivity index (χ3n) is 1.86. The Morgan fingerprint density at radius 1 is 1.38 bits per heavy atom. The van der Waals surface area contributed by atoms with E-state index >= 15 is 0 Å². The number of nitrogens with zero attached hydrogens (tertiary/aromatic N) is 2. The normalized spacial score (nSPS) is 10.2. The highest BCUT2D eigenvalue weighted by molar-refractivity contribution is 8.01. The van der Waals surface area contributed by atoms with Gasteiger partial charge in [0, 0.05) is 5.56 Å². The fourth-order valence-electron chi connectivity index (χ4n) is 1.08. The molecule has 2 aromatic rings. The molecule has 0 radical (unpaired) electrons. The summed E-state index contributed by atoms with van der Waals surface area (Å²) in [6.45, 7) is 0. The Morgan fingerprint density at radius 2 is 2.12 bits per heavy atom. The number of phenolic OH excluding ortho intramolecular Hbond substituents is 1. The van der Waals surface area contributed by atoms with Crippen LogP contribution in [0.5, 0.6) is 5.75 Å².